The van der Waals surface area contributed by atoms with Crippen molar-refractivity contribution in [2.24, 2.45) is 14.1 Å². The molecule has 2 aliphatic heterocycles. The van der Waals surface area contributed by atoms with Gasteiger partial charge in [0.05, 0.1) is 36.5 Å². The van der Waals surface area contributed by atoms with Crippen LogP contribution in [0.1, 0.15) is 6.42 Å². The van der Waals surface area contributed by atoms with Gasteiger partial charge in [0.15, 0.2) is 21.0 Å². The minimum Gasteiger partial charge on any atom is -0.390 e. The Morgan fingerprint density at radius 1 is 0.927 bits per heavy atom. The molecule has 41 heavy (non-hydrogen) atoms. The molecule has 13 nitrogen and oxygen atoms in total. The number of nitrogens with zero attached hydrogens (tertiary/aromatic N) is 7. The quantitative estimate of drug-likeness (QED) is 0.317. The zero-order chi connectivity index (χ0) is 29.1. The van der Waals surface area contributed by atoms with Crippen LogP contribution in [0.25, 0.3) is 11.2 Å². The van der Waals surface area contributed by atoms with E-state index in [1.165, 1.54) is 11.6 Å². The van der Waals surface area contributed by atoms with E-state index in [-0.39, 0.29) is 12.3 Å². The van der Waals surface area contributed by atoms with Crippen LogP contribution in [0.2, 0.25) is 0 Å². The summed E-state index contributed by atoms with van der Waals surface area (Å²) >= 11 is 0. The number of β-amino-alcohol motifs (C(OH)–C–C–N with tert-alkyl or cyclic N) is 1. The van der Waals surface area contributed by atoms with Crippen LogP contribution in [0.3, 0.4) is 0 Å². The zero-order valence-electron chi connectivity index (χ0n) is 23.7. The molecule has 14 heteroatoms. The molecule has 1 unspecified atom stereocenters. The first-order valence-electron chi connectivity index (χ1n) is 14.1. The molecule has 0 spiro atoms. The molecule has 224 valence electrons. The summed E-state index contributed by atoms with van der Waals surface area (Å²) in [5, 5.41) is 11.2. The number of fused-ring (bicyclic) bond motifs is 1. The van der Waals surface area contributed by atoms with Crippen LogP contribution in [-0.4, -0.2) is 119 Å². The number of imidazole rings is 1. The van der Waals surface area contributed by atoms with Gasteiger partial charge in [-0.1, -0.05) is 18.2 Å². The Morgan fingerprint density at radius 3 is 2.27 bits per heavy atom. The Labute approximate surface area is 239 Å². The van der Waals surface area contributed by atoms with Crippen molar-refractivity contribution in [2.45, 2.75) is 24.0 Å². The number of rotatable bonds is 10. The molecule has 0 amide bonds. The Kier molecular flexibility index (Phi) is 8.94. The molecule has 2 fully saturated rings. The van der Waals surface area contributed by atoms with Crippen LogP contribution < -0.4 is 16.1 Å². The molecule has 2 saturated heterocycles. The van der Waals surface area contributed by atoms with Gasteiger partial charge in [-0.25, -0.2) is 13.2 Å². The molecule has 0 bridgehead atoms. The van der Waals surface area contributed by atoms with E-state index in [4.69, 9.17) is 4.74 Å². The number of aromatic nitrogens is 4. The lowest BCUT2D eigenvalue weighted by atomic mass is 10.2. The number of morpholine rings is 1. The summed E-state index contributed by atoms with van der Waals surface area (Å²) in [6.07, 6.45) is -0.202. The van der Waals surface area contributed by atoms with E-state index in [0.717, 1.165) is 30.7 Å². The molecular weight excluding hydrogens is 550 g/mol. The summed E-state index contributed by atoms with van der Waals surface area (Å²) in [6, 6.07) is 8.55. The predicted molar refractivity (Wildman–Crippen MR) is 155 cm³/mol. The smallest absolute Gasteiger partial charge is 0.332 e. The highest BCUT2D eigenvalue weighted by atomic mass is 32.2. The average Bonchev–Trinajstić information content (AvgIpc) is 3.35. The summed E-state index contributed by atoms with van der Waals surface area (Å²) in [5.41, 5.74) is -0.290. The molecule has 2 aliphatic rings. The van der Waals surface area contributed by atoms with E-state index in [1.54, 1.807) is 41.9 Å². The summed E-state index contributed by atoms with van der Waals surface area (Å²) in [5.74, 6) is 0.668. The zero-order valence-corrected chi connectivity index (χ0v) is 24.5. The Balaban J connectivity index is 1.20. The molecule has 1 aromatic carbocycles. The fraction of sp³-hybridized carbons (Fsp3) is 0.593. The van der Waals surface area contributed by atoms with E-state index >= 15 is 0 Å². The van der Waals surface area contributed by atoms with E-state index < -0.39 is 27.2 Å². The summed E-state index contributed by atoms with van der Waals surface area (Å²) in [6.45, 7) is 6.62. The van der Waals surface area contributed by atoms with Gasteiger partial charge in [-0.15, -0.1) is 0 Å². The SMILES string of the molecule is Cn1c(=O)c2c(nc(N3CCOCC3)n2CC(O)CN2CCN(CCCS(=O)(=O)c3ccccc3)CC2)n(C)c1=O. The molecule has 4 heterocycles. The van der Waals surface area contributed by atoms with Crippen molar-refractivity contribution in [3.05, 3.63) is 51.2 Å². The first kappa shape index (κ1) is 29.5. The standard InChI is InChI=1S/C27H39N7O6S/c1-29-24-23(25(36)30(2)27(29)37)34(26(28-24)33-14-16-40-17-15-33)20-21(35)19-32-12-10-31(11-13-32)9-6-18-41(38,39)22-7-4-3-5-8-22/h3-5,7-8,21,35H,6,9-20H2,1-2H3. The minimum atomic E-state index is -3.28. The topological polar surface area (TPSA) is 135 Å². The number of anilines is 1. The van der Waals surface area contributed by atoms with Crippen molar-refractivity contribution in [3.8, 4) is 0 Å². The lowest BCUT2D eigenvalue weighted by Gasteiger charge is -2.36. The van der Waals surface area contributed by atoms with Crippen molar-refractivity contribution in [1.82, 2.24) is 28.5 Å². The maximum atomic E-state index is 13.2. The van der Waals surface area contributed by atoms with Gasteiger partial charge in [0.1, 0.15) is 0 Å². The summed E-state index contributed by atoms with van der Waals surface area (Å²) < 4.78 is 34.8. The normalized spacial score (nSPS) is 18.3. The molecule has 1 atom stereocenters. The van der Waals surface area contributed by atoms with E-state index in [2.05, 4.69) is 14.8 Å². The van der Waals surface area contributed by atoms with Crippen LogP contribution in [0.4, 0.5) is 5.95 Å². The highest BCUT2D eigenvalue weighted by Gasteiger charge is 2.27. The number of aryl methyl sites for hydroxylation is 1. The first-order valence-corrected chi connectivity index (χ1v) is 15.7. The number of piperazine rings is 1. The van der Waals surface area contributed by atoms with Crippen molar-refractivity contribution >= 4 is 26.9 Å². The minimum absolute atomic E-state index is 0.116. The number of aliphatic hydroxyl groups excluding tert-OH is 1. The molecule has 1 N–H and O–H groups in total. The largest absolute Gasteiger partial charge is 0.390 e. The summed E-state index contributed by atoms with van der Waals surface area (Å²) in [7, 11) is -0.240. The van der Waals surface area contributed by atoms with Crippen LogP contribution >= 0.6 is 0 Å². The highest BCUT2D eigenvalue weighted by Crippen LogP contribution is 2.21. The monoisotopic (exact) mass is 589 g/mol. The van der Waals surface area contributed by atoms with Crippen LogP contribution in [0.5, 0.6) is 0 Å². The van der Waals surface area contributed by atoms with Gasteiger partial charge in [-0.3, -0.25) is 18.8 Å². The Hall–Kier alpha value is -3.04. The van der Waals surface area contributed by atoms with Crippen molar-refractivity contribution in [1.29, 1.82) is 0 Å². The van der Waals surface area contributed by atoms with Crippen LogP contribution in [0.15, 0.2) is 44.8 Å². The number of benzene rings is 1. The molecule has 3 aromatic rings. The maximum absolute atomic E-state index is 13.2. The van der Waals surface area contributed by atoms with Crippen LogP contribution in [-0.2, 0) is 35.2 Å². The second kappa shape index (κ2) is 12.4. The third kappa shape index (κ3) is 6.41. The third-order valence-electron chi connectivity index (χ3n) is 7.94. The van der Waals surface area contributed by atoms with Gasteiger partial charge >= 0.3 is 5.69 Å². The fourth-order valence-electron chi connectivity index (χ4n) is 5.60. The molecule has 0 aliphatic carbocycles. The third-order valence-corrected chi connectivity index (χ3v) is 9.76. The van der Waals surface area contributed by atoms with Gasteiger partial charge in [0, 0.05) is 59.9 Å². The molecule has 5 rings (SSSR count). The Bertz CT molecular complexity index is 1570. The number of aliphatic hydroxyl groups is 1. The first-order chi connectivity index (χ1) is 19.7. The van der Waals surface area contributed by atoms with Gasteiger partial charge in [-0.2, -0.15) is 4.98 Å². The molecular formula is C27H39N7O6S. The van der Waals surface area contributed by atoms with E-state index in [0.29, 0.717) is 67.8 Å². The second-order valence-electron chi connectivity index (χ2n) is 10.8. The Morgan fingerprint density at radius 2 is 1.59 bits per heavy atom. The number of hydrogen-bond donors (Lipinski definition) is 1. The number of ether oxygens (including phenoxy) is 1. The summed E-state index contributed by atoms with van der Waals surface area (Å²) in [4.78, 5) is 37.2. The van der Waals surface area contributed by atoms with E-state index in [9.17, 15) is 23.1 Å². The fourth-order valence-corrected chi connectivity index (χ4v) is 6.92. The molecule has 0 saturated carbocycles. The predicted octanol–water partition coefficient (Wildman–Crippen LogP) is -0.887. The maximum Gasteiger partial charge on any atom is 0.332 e. The number of sulfone groups is 1. The van der Waals surface area contributed by atoms with E-state index in [1.807, 2.05) is 4.90 Å². The van der Waals surface area contributed by atoms with Gasteiger partial charge in [-0.05, 0) is 25.1 Å². The lowest BCUT2D eigenvalue weighted by molar-refractivity contribution is 0.0649. The second-order valence-corrected chi connectivity index (χ2v) is 12.9. The van der Waals surface area contributed by atoms with Crippen molar-refractivity contribution in [3.63, 3.8) is 0 Å². The average molecular weight is 590 g/mol. The molecule has 2 aromatic heterocycles. The van der Waals surface area contributed by atoms with Crippen molar-refractivity contribution < 1.29 is 18.3 Å². The lowest BCUT2D eigenvalue weighted by Crippen LogP contribution is -2.49. The van der Waals surface area contributed by atoms with Crippen LogP contribution in [0, 0.1) is 0 Å². The highest BCUT2D eigenvalue weighted by molar-refractivity contribution is 7.91. The van der Waals surface area contributed by atoms with Gasteiger partial charge in [0.25, 0.3) is 5.56 Å². The number of hydrogen-bond acceptors (Lipinski definition) is 10. The van der Waals surface area contributed by atoms with Gasteiger partial charge < -0.3 is 24.2 Å². The van der Waals surface area contributed by atoms with Gasteiger partial charge in [0.2, 0.25) is 5.95 Å². The molecule has 0 radical (unpaired) electrons. The van der Waals surface area contributed by atoms with Crippen molar-refractivity contribution in [2.75, 3.05) is 76.2 Å².